The summed E-state index contributed by atoms with van der Waals surface area (Å²) in [5, 5.41) is 12.9. The van der Waals surface area contributed by atoms with Crippen molar-refractivity contribution < 1.29 is 4.39 Å². The van der Waals surface area contributed by atoms with Crippen molar-refractivity contribution in [3.63, 3.8) is 0 Å². The van der Waals surface area contributed by atoms with Gasteiger partial charge in [0, 0.05) is 12.6 Å². The molecule has 96 valence electrons. The number of thiophene rings is 1. The van der Waals surface area contributed by atoms with E-state index in [1.54, 1.807) is 23.5 Å². The monoisotopic (exact) mass is 272 g/mol. The first-order valence-corrected chi connectivity index (χ1v) is 7.19. The standard InChI is InChI=1S/C15H13FN2S/c16-14-7-11(8-17)1-4-15(14)18(13-2-3-13)9-12-5-6-19-10-12/h1,4-7,10,13H,2-3,9H2. The molecule has 0 spiro atoms. The number of anilines is 1. The van der Waals surface area contributed by atoms with Crippen molar-refractivity contribution in [3.05, 3.63) is 52.0 Å². The Hall–Kier alpha value is -1.86. The summed E-state index contributed by atoms with van der Waals surface area (Å²) < 4.78 is 14.1. The average Bonchev–Trinajstić information content (AvgIpc) is 3.14. The van der Waals surface area contributed by atoms with Gasteiger partial charge in [-0.1, -0.05) is 0 Å². The van der Waals surface area contributed by atoms with Crippen molar-refractivity contribution in [3.8, 4) is 6.07 Å². The summed E-state index contributed by atoms with van der Waals surface area (Å²) in [4.78, 5) is 2.11. The van der Waals surface area contributed by atoms with Crippen LogP contribution in [0.15, 0.2) is 35.0 Å². The predicted molar refractivity (Wildman–Crippen MR) is 74.6 cm³/mol. The highest BCUT2D eigenvalue weighted by molar-refractivity contribution is 7.07. The molecule has 0 aliphatic heterocycles. The molecular formula is C15H13FN2S. The molecule has 1 aromatic heterocycles. The van der Waals surface area contributed by atoms with Crippen LogP contribution >= 0.6 is 11.3 Å². The third-order valence-corrected chi connectivity index (χ3v) is 4.04. The lowest BCUT2D eigenvalue weighted by molar-refractivity contribution is 0.614. The van der Waals surface area contributed by atoms with Crippen molar-refractivity contribution in [2.24, 2.45) is 0 Å². The molecule has 0 radical (unpaired) electrons. The van der Waals surface area contributed by atoms with Gasteiger partial charge in [0.25, 0.3) is 0 Å². The van der Waals surface area contributed by atoms with Gasteiger partial charge in [0.15, 0.2) is 0 Å². The van der Waals surface area contributed by atoms with Crippen molar-refractivity contribution >= 4 is 17.0 Å². The zero-order chi connectivity index (χ0) is 13.2. The van der Waals surface area contributed by atoms with E-state index in [0.29, 0.717) is 17.3 Å². The lowest BCUT2D eigenvalue weighted by Crippen LogP contribution is -2.25. The van der Waals surface area contributed by atoms with Crippen LogP contribution in [0, 0.1) is 17.1 Å². The lowest BCUT2D eigenvalue weighted by Gasteiger charge is -2.24. The van der Waals surface area contributed by atoms with E-state index in [1.807, 2.05) is 11.4 Å². The molecule has 0 N–H and O–H groups in total. The van der Waals surface area contributed by atoms with Gasteiger partial charge in [0.1, 0.15) is 5.82 Å². The van der Waals surface area contributed by atoms with Gasteiger partial charge < -0.3 is 4.90 Å². The molecule has 0 amide bonds. The summed E-state index contributed by atoms with van der Waals surface area (Å²) in [5.41, 5.74) is 2.18. The highest BCUT2D eigenvalue weighted by atomic mass is 32.1. The van der Waals surface area contributed by atoms with E-state index in [-0.39, 0.29) is 5.82 Å². The van der Waals surface area contributed by atoms with Gasteiger partial charge in [-0.05, 0) is 53.4 Å². The fourth-order valence-electron chi connectivity index (χ4n) is 2.19. The van der Waals surface area contributed by atoms with Crippen LogP contribution in [0.2, 0.25) is 0 Å². The zero-order valence-corrected chi connectivity index (χ0v) is 11.2. The second kappa shape index (κ2) is 5.02. The van der Waals surface area contributed by atoms with Crippen LogP contribution in [-0.2, 0) is 6.54 Å². The Balaban J connectivity index is 1.90. The van der Waals surface area contributed by atoms with Crippen molar-refractivity contribution in [2.45, 2.75) is 25.4 Å². The summed E-state index contributed by atoms with van der Waals surface area (Å²) in [7, 11) is 0. The topological polar surface area (TPSA) is 27.0 Å². The summed E-state index contributed by atoms with van der Waals surface area (Å²) in [6.45, 7) is 0.733. The van der Waals surface area contributed by atoms with E-state index in [0.717, 1.165) is 19.4 Å². The Morgan fingerprint density at radius 1 is 1.37 bits per heavy atom. The molecule has 0 atom stereocenters. The molecule has 0 unspecified atom stereocenters. The van der Waals surface area contributed by atoms with E-state index < -0.39 is 0 Å². The number of benzene rings is 1. The maximum absolute atomic E-state index is 14.1. The van der Waals surface area contributed by atoms with Crippen LogP contribution in [0.5, 0.6) is 0 Å². The van der Waals surface area contributed by atoms with Gasteiger partial charge >= 0.3 is 0 Å². The Labute approximate surface area is 115 Å². The molecule has 2 nitrogen and oxygen atoms in total. The molecule has 0 bridgehead atoms. The fraction of sp³-hybridized carbons (Fsp3) is 0.267. The van der Waals surface area contributed by atoms with Gasteiger partial charge in [-0.2, -0.15) is 16.6 Å². The highest BCUT2D eigenvalue weighted by Crippen LogP contribution is 2.34. The minimum atomic E-state index is -0.304. The van der Waals surface area contributed by atoms with Gasteiger partial charge in [0.05, 0.1) is 17.3 Å². The first-order valence-electron chi connectivity index (χ1n) is 6.25. The molecule has 1 aliphatic carbocycles. The number of halogens is 1. The van der Waals surface area contributed by atoms with Gasteiger partial charge in [0.2, 0.25) is 0 Å². The number of nitriles is 1. The smallest absolute Gasteiger partial charge is 0.147 e. The molecule has 4 heteroatoms. The van der Waals surface area contributed by atoms with Crippen molar-refractivity contribution in [1.29, 1.82) is 5.26 Å². The van der Waals surface area contributed by atoms with Crippen LogP contribution in [0.4, 0.5) is 10.1 Å². The summed E-state index contributed by atoms with van der Waals surface area (Å²) in [6, 6.07) is 9.19. The van der Waals surface area contributed by atoms with Crippen LogP contribution in [0.1, 0.15) is 24.0 Å². The Bertz CT molecular complexity index is 612. The second-order valence-electron chi connectivity index (χ2n) is 4.77. The fourth-order valence-corrected chi connectivity index (χ4v) is 2.85. The second-order valence-corrected chi connectivity index (χ2v) is 5.55. The van der Waals surface area contributed by atoms with E-state index in [9.17, 15) is 4.39 Å². The number of hydrogen-bond acceptors (Lipinski definition) is 3. The molecule has 1 aliphatic rings. The number of nitrogens with zero attached hydrogens (tertiary/aromatic N) is 2. The zero-order valence-electron chi connectivity index (χ0n) is 10.3. The molecule has 2 aromatic rings. The van der Waals surface area contributed by atoms with E-state index in [4.69, 9.17) is 5.26 Å². The normalized spacial score (nSPS) is 14.1. The van der Waals surface area contributed by atoms with Crippen molar-refractivity contribution in [2.75, 3.05) is 4.90 Å². The maximum atomic E-state index is 14.1. The minimum Gasteiger partial charge on any atom is -0.362 e. The maximum Gasteiger partial charge on any atom is 0.147 e. The van der Waals surface area contributed by atoms with Crippen LogP contribution in [0.25, 0.3) is 0 Å². The third kappa shape index (κ3) is 2.61. The van der Waals surface area contributed by atoms with Crippen molar-refractivity contribution in [1.82, 2.24) is 0 Å². The molecule has 1 saturated carbocycles. The first-order chi connectivity index (χ1) is 9.28. The Kier molecular flexibility index (Phi) is 3.22. The summed E-state index contributed by atoms with van der Waals surface area (Å²) in [5.74, 6) is -0.304. The quantitative estimate of drug-likeness (QED) is 0.843. The Morgan fingerprint density at radius 2 is 2.21 bits per heavy atom. The number of hydrogen-bond donors (Lipinski definition) is 0. The molecule has 0 saturated heterocycles. The minimum absolute atomic E-state index is 0.304. The van der Waals surface area contributed by atoms with E-state index in [1.165, 1.54) is 11.6 Å². The number of rotatable bonds is 4. The van der Waals surface area contributed by atoms with Crippen LogP contribution < -0.4 is 4.90 Å². The largest absolute Gasteiger partial charge is 0.362 e. The van der Waals surface area contributed by atoms with Crippen LogP contribution in [0.3, 0.4) is 0 Å². The molecule has 3 rings (SSSR count). The Morgan fingerprint density at radius 3 is 2.79 bits per heavy atom. The van der Waals surface area contributed by atoms with Gasteiger partial charge in [-0.3, -0.25) is 0 Å². The SMILES string of the molecule is N#Cc1ccc(N(Cc2ccsc2)C2CC2)c(F)c1. The summed E-state index contributed by atoms with van der Waals surface area (Å²) in [6.07, 6.45) is 2.23. The predicted octanol–water partition coefficient (Wildman–Crippen LogP) is 3.93. The van der Waals surface area contributed by atoms with E-state index >= 15 is 0 Å². The lowest BCUT2D eigenvalue weighted by atomic mass is 10.2. The third-order valence-electron chi connectivity index (χ3n) is 3.31. The highest BCUT2D eigenvalue weighted by Gasteiger charge is 2.30. The van der Waals surface area contributed by atoms with Gasteiger partial charge in [-0.15, -0.1) is 0 Å². The van der Waals surface area contributed by atoms with Gasteiger partial charge in [-0.25, -0.2) is 4.39 Å². The summed E-state index contributed by atoms with van der Waals surface area (Å²) >= 11 is 1.66. The molecule has 1 heterocycles. The molecule has 1 aromatic carbocycles. The molecular weight excluding hydrogens is 259 g/mol. The average molecular weight is 272 g/mol. The van der Waals surface area contributed by atoms with Crippen LogP contribution in [-0.4, -0.2) is 6.04 Å². The first kappa shape index (κ1) is 12.2. The van der Waals surface area contributed by atoms with E-state index in [2.05, 4.69) is 16.3 Å². The molecule has 1 fully saturated rings. The molecule has 19 heavy (non-hydrogen) atoms.